The van der Waals surface area contributed by atoms with E-state index in [1.165, 1.54) is 35.4 Å². The van der Waals surface area contributed by atoms with E-state index in [0.717, 1.165) is 25.0 Å². The van der Waals surface area contributed by atoms with Crippen LogP contribution in [0.4, 0.5) is 0 Å². The number of hydrogen-bond acceptors (Lipinski definition) is 2. The van der Waals surface area contributed by atoms with Crippen molar-refractivity contribution >= 4 is 0 Å². The number of hydrogen-bond donors (Lipinski definition) is 2. The first kappa shape index (κ1) is 8.84. The van der Waals surface area contributed by atoms with Crippen LogP contribution in [0.15, 0.2) is 46.5 Å². The molecule has 0 bridgehead atoms. The van der Waals surface area contributed by atoms with Crippen molar-refractivity contribution in [3.63, 3.8) is 0 Å². The lowest BCUT2D eigenvalue weighted by Gasteiger charge is -2.31. The lowest BCUT2D eigenvalue weighted by atomic mass is 9.86. The number of nitrogens with one attached hydrogen (secondary N) is 1. The molecular formula is C13H16N2. The predicted octanol–water partition coefficient (Wildman–Crippen LogP) is 2.47. The normalized spacial score (nSPS) is 24.4. The summed E-state index contributed by atoms with van der Waals surface area (Å²) in [6.45, 7) is 0. The predicted molar refractivity (Wildman–Crippen MR) is 61.7 cm³/mol. The summed E-state index contributed by atoms with van der Waals surface area (Å²) in [4.78, 5) is 0. The smallest absolute Gasteiger partial charge is 0.0438 e. The third-order valence-electron chi connectivity index (χ3n) is 3.45. The van der Waals surface area contributed by atoms with E-state index in [9.17, 15) is 0 Å². The largest absolute Gasteiger partial charge is 0.398 e. The molecule has 78 valence electrons. The highest BCUT2D eigenvalue weighted by molar-refractivity contribution is 5.53. The van der Waals surface area contributed by atoms with Gasteiger partial charge in [0.05, 0.1) is 0 Å². The molecule has 1 aliphatic heterocycles. The number of nitrogens with two attached hydrogens (primary N) is 1. The molecule has 2 heteroatoms. The van der Waals surface area contributed by atoms with Gasteiger partial charge in [0.2, 0.25) is 0 Å². The highest BCUT2D eigenvalue weighted by atomic mass is 14.9. The Morgan fingerprint density at radius 3 is 2.93 bits per heavy atom. The van der Waals surface area contributed by atoms with Crippen molar-refractivity contribution in [1.29, 1.82) is 0 Å². The van der Waals surface area contributed by atoms with Crippen LogP contribution in [-0.4, -0.2) is 0 Å². The van der Waals surface area contributed by atoms with Gasteiger partial charge >= 0.3 is 0 Å². The van der Waals surface area contributed by atoms with E-state index in [-0.39, 0.29) is 0 Å². The first-order valence-electron chi connectivity index (χ1n) is 5.71. The van der Waals surface area contributed by atoms with Gasteiger partial charge in [-0.2, -0.15) is 0 Å². The fraction of sp³-hybridized carbons (Fsp3) is 0.385. The fourth-order valence-electron chi connectivity index (χ4n) is 2.62. The Kier molecular flexibility index (Phi) is 1.94. The lowest BCUT2D eigenvalue weighted by Crippen LogP contribution is -2.28. The molecule has 3 aliphatic rings. The Morgan fingerprint density at radius 2 is 2.00 bits per heavy atom. The Bertz CT molecular complexity index is 422. The maximum Gasteiger partial charge on any atom is 0.0438 e. The minimum Gasteiger partial charge on any atom is -0.398 e. The van der Waals surface area contributed by atoms with Crippen LogP contribution in [0.25, 0.3) is 0 Å². The van der Waals surface area contributed by atoms with Crippen molar-refractivity contribution in [3.8, 4) is 0 Å². The molecule has 0 aromatic heterocycles. The van der Waals surface area contributed by atoms with Gasteiger partial charge < -0.3 is 11.1 Å². The van der Waals surface area contributed by atoms with Gasteiger partial charge in [-0.05, 0) is 43.8 Å². The van der Waals surface area contributed by atoms with Crippen molar-refractivity contribution in [1.82, 2.24) is 5.32 Å². The molecule has 2 aliphatic carbocycles. The summed E-state index contributed by atoms with van der Waals surface area (Å²) in [6.07, 6.45) is 12.3. The van der Waals surface area contributed by atoms with Gasteiger partial charge in [0.1, 0.15) is 0 Å². The third-order valence-corrected chi connectivity index (χ3v) is 3.45. The molecule has 1 heterocycles. The van der Waals surface area contributed by atoms with E-state index in [0.29, 0.717) is 0 Å². The van der Waals surface area contributed by atoms with Crippen molar-refractivity contribution in [2.45, 2.75) is 32.1 Å². The van der Waals surface area contributed by atoms with E-state index < -0.39 is 0 Å². The van der Waals surface area contributed by atoms with Crippen LogP contribution in [-0.2, 0) is 0 Å². The molecule has 0 fully saturated rings. The molecule has 15 heavy (non-hydrogen) atoms. The zero-order chi connectivity index (χ0) is 10.3. The van der Waals surface area contributed by atoms with Crippen molar-refractivity contribution in [2.75, 3.05) is 0 Å². The molecule has 0 aromatic carbocycles. The maximum absolute atomic E-state index is 6.25. The van der Waals surface area contributed by atoms with Crippen LogP contribution in [0, 0.1) is 0 Å². The lowest BCUT2D eigenvalue weighted by molar-refractivity contribution is 0.631. The average molecular weight is 200 g/mol. The zero-order valence-corrected chi connectivity index (χ0v) is 8.84. The minimum absolute atomic E-state index is 0.974. The van der Waals surface area contributed by atoms with E-state index in [4.69, 9.17) is 5.73 Å². The molecule has 0 unspecified atom stereocenters. The van der Waals surface area contributed by atoms with Gasteiger partial charge in [-0.25, -0.2) is 0 Å². The molecule has 0 radical (unpaired) electrons. The van der Waals surface area contributed by atoms with Crippen LogP contribution < -0.4 is 11.1 Å². The van der Waals surface area contributed by atoms with Crippen molar-refractivity contribution < 1.29 is 0 Å². The first-order chi connectivity index (χ1) is 7.36. The zero-order valence-electron chi connectivity index (χ0n) is 8.84. The summed E-state index contributed by atoms with van der Waals surface area (Å²) in [6, 6.07) is 0. The Labute approximate surface area is 90.2 Å². The summed E-state index contributed by atoms with van der Waals surface area (Å²) in [5.41, 5.74) is 12.5. The molecule has 0 spiro atoms. The number of rotatable bonds is 0. The van der Waals surface area contributed by atoms with Gasteiger partial charge in [0.25, 0.3) is 0 Å². The molecule has 3 N–H and O–H groups in total. The Morgan fingerprint density at radius 1 is 1.13 bits per heavy atom. The second kappa shape index (κ2) is 3.30. The molecule has 0 saturated heterocycles. The molecule has 2 nitrogen and oxygen atoms in total. The monoisotopic (exact) mass is 200 g/mol. The Hall–Kier alpha value is -1.44. The van der Waals surface area contributed by atoms with Crippen molar-refractivity contribution in [2.24, 2.45) is 5.73 Å². The topological polar surface area (TPSA) is 38.0 Å². The van der Waals surface area contributed by atoms with Crippen LogP contribution in [0.2, 0.25) is 0 Å². The van der Waals surface area contributed by atoms with Gasteiger partial charge in [-0.1, -0.05) is 12.2 Å². The molecule has 0 amide bonds. The summed E-state index contributed by atoms with van der Waals surface area (Å²) in [7, 11) is 0. The minimum atomic E-state index is 0.974. The highest BCUT2D eigenvalue weighted by Gasteiger charge is 2.24. The summed E-state index contributed by atoms with van der Waals surface area (Å²) < 4.78 is 0. The number of dihydropyridines is 1. The Balaban J connectivity index is 2.08. The van der Waals surface area contributed by atoms with Crippen LogP contribution in [0.1, 0.15) is 32.1 Å². The SMILES string of the molecule is NC1=C2CC=CC=C2NC2=C1CCCC2. The molecule has 0 aromatic rings. The summed E-state index contributed by atoms with van der Waals surface area (Å²) in [5, 5.41) is 3.54. The van der Waals surface area contributed by atoms with Gasteiger partial charge in [0.15, 0.2) is 0 Å². The van der Waals surface area contributed by atoms with E-state index in [1.807, 2.05) is 0 Å². The van der Waals surface area contributed by atoms with Crippen LogP contribution in [0.5, 0.6) is 0 Å². The molecule has 0 saturated carbocycles. The number of fused-ring (bicyclic) bond motifs is 1. The standard InChI is InChI=1S/C13H16N2/c14-13-9-5-1-3-7-11(9)15-12-8-4-2-6-10(12)13/h1,3,7,15H,2,4-6,8,14H2. The summed E-state index contributed by atoms with van der Waals surface area (Å²) >= 11 is 0. The van der Waals surface area contributed by atoms with Crippen LogP contribution in [0.3, 0.4) is 0 Å². The maximum atomic E-state index is 6.25. The van der Waals surface area contributed by atoms with E-state index in [1.54, 1.807) is 0 Å². The van der Waals surface area contributed by atoms with E-state index in [2.05, 4.69) is 23.5 Å². The summed E-state index contributed by atoms with van der Waals surface area (Å²) in [5.74, 6) is 0. The van der Waals surface area contributed by atoms with Crippen molar-refractivity contribution in [3.05, 3.63) is 46.5 Å². The first-order valence-corrected chi connectivity index (χ1v) is 5.71. The average Bonchev–Trinajstić information content (AvgIpc) is 2.30. The second-order valence-electron chi connectivity index (χ2n) is 4.39. The highest BCUT2D eigenvalue weighted by Crippen LogP contribution is 2.35. The van der Waals surface area contributed by atoms with Crippen LogP contribution >= 0.6 is 0 Å². The molecular weight excluding hydrogens is 184 g/mol. The molecule has 0 atom stereocenters. The second-order valence-corrected chi connectivity index (χ2v) is 4.39. The van der Waals surface area contributed by atoms with Gasteiger partial charge in [-0.3, -0.25) is 0 Å². The third kappa shape index (κ3) is 1.32. The fourth-order valence-corrected chi connectivity index (χ4v) is 2.62. The van der Waals surface area contributed by atoms with E-state index >= 15 is 0 Å². The number of allylic oxidation sites excluding steroid dienone is 6. The van der Waals surface area contributed by atoms with Gasteiger partial charge in [-0.15, -0.1) is 0 Å². The quantitative estimate of drug-likeness (QED) is 0.630. The van der Waals surface area contributed by atoms with Gasteiger partial charge in [0, 0.05) is 22.7 Å². The molecule has 3 rings (SSSR count).